The number of nitrogens with two attached hydrogens (primary N) is 1. The monoisotopic (exact) mass is 440 g/mol. The maximum atomic E-state index is 5.68. The van der Waals surface area contributed by atoms with Crippen LogP contribution in [0.3, 0.4) is 0 Å². The van der Waals surface area contributed by atoms with E-state index in [0.29, 0.717) is 11.7 Å². The third-order valence-electron chi connectivity index (χ3n) is 4.45. The molecule has 0 bridgehead atoms. The van der Waals surface area contributed by atoms with Gasteiger partial charge in [0.15, 0.2) is 0 Å². The van der Waals surface area contributed by atoms with Gasteiger partial charge in [-0.3, -0.25) is 0 Å². The summed E-state index contributed by atoms with van der Waals surface area (Å²) in [6.45, 7) is 0. The molecule has 1 aromatic heterocycles. The van der Waals surface area contributed by atoms with Crippen LogP contribution in [-0.4, -0.2) is 15.9 Å². The van der Waals surface area contributed by atoms with Crippen molar-refractivity contribution in [3.63, 3.8) is 0 Å². The molecule has 3 aromatic rings. The van der Waals surface area contributed by atoms with E-state index in [1.165, 1.54) is 32.1 Å². The Morgan fingerprint density at radius 1 is 0.964 bits per heavy atom. The predicted molar refractivity (Wildman–Crippen MR) is 118 cm³/mol. The van der Waals surface area contributed by atoms with Gasteiger partial charge in [-0.2, -0.15) is 20.1 Å². The van der Waals surface area contributed by atoms with E-state index in [0.717, 1.165) is 15.8 Å². The number of hydrogen-bond donors (Lipinski definition) is 2. The molecule has 1 fully saturated rings. The molecule has 1 aliphatic rings. The van der Waals surface area contributed by atoms with Gasteiger partial charge in [-0.15, -0.1) is 0 Å². The molecule has 4 rings (SSSR count). The van der Waals surface area contributed by atoms with Gasteiger partial charge < -0.3 is 11.2 Å². The third-order valence-corrected chi connectivity index (χ3v) is 5.13. The zero-order chi connectivity index (χ0) is 19.6. The Labute approximate surface area is 174 Å². The van der Waals surface area contributed by atoms with E-state index in [9.17, 15) is 0 Å². The quantitative estimate of drug-likeness (QED) is 0.373. The van der Waals surface area contributed by atoms with Crippen molar-refractivity contribution in [3.8, 4) is 0 Å². The maximum Gasteiger partial charge on any atom is 0.0869 e. The van der Waals surface area contributed by atoms with Gasteiger partial charge in [0.05, 0.1) is 17.6 Å². The van der Waals surface area contributed by atoms with Crippen LogP contribution < -0.4 is 11.2 Å². The minimum atomic E-state index is 0.638. The summed E-state index contributed by atoms with van der Waals surface area (Å²) >= 11 is 3.35. The second-order valence-electron chi connectivity index (χ2n) is 6.66. The van der Waals surface area contributed by atoms with Crippen LogP contribution >= 0.6 is 15.9 Å². The Morgan fingerprint density at radius 3 is 2.39 bits per heavy atom. The first-order valence-electron chi connectivity index (χ1n) is 9.49. The highest BCUT2D eigenvalue weighted by molar-refractivity contribution is 9.10. The van der Waals surface area contributed by atoms with Gasteiger partial charge in [0, 0.05) is 22.4 Å². The van der Waals surface area contributed by atoms with Crippen molar-refractivity contribution >= 4 is 33.0 Å². The van der Waals surface area contributed by atoms with Crippen LogP contribution in [0, 0.1) is 0 Å². The molecule has 1 saturated carbocycles. The first-order chi connectivity index (χ1) is 13.7. The van der Waals surface area contributed by atoms with Crippen molar-refractivity contribution in [1.29, 1.82) is 0 Å². The van der Waals surface area contributed by atoms with Gasteiger partial charge in [-0.05, 0) is 65.2 Å². The number of nitrogens with one attached hydrogen (secondary N) is 1. The second-order valence-corrected chi connectivity index (χ2v) is 7.51. The highest BCUT2D eigenvalue weighted by Crippen LogP contribution is 2.26. The van der Waals surface area contributed by atoms with Crippen molar-refractivity contribution in [3.05, 3.63) is 71.5 Å². The number of halogens is 1. The van der Waals surface area contributed by atoms with E-state index in [1.807, 2.05) is 59.5 Å². The number of azo groups is 1. The summed E-state index contributed by atoms with van der Waals surface area (Å²) in [4.78, 5) is 1.82. The van der Waals surface area contributed by atoms with Crippen LogP contribution in [-0.2, 0) is 0 Å². The van der Waals surface area contributed by atoms with Crippen LogP contribution in [0.15, 0.2) is 81.7 Å². The molecule has 0 aliphatic heterocycles. The first kappa shape index (κ1) is 20.1. The molecule has 28 heavy (non-hydrogen) atoms. The minimum Gasteiger partial charge on any atom is -0.398 e. The fourth-order valence-corrected chi connectivity index (χ4v) is 3.32. The second kappa shape index (κ2) is 10.6. The summed E-state index contributed by atoms with van der Waals surface area (Å²) in [5.74, 6) is 0. The molecular formula is C21H25BrN6. The lowest BCUT2D eigenvalue weighted by atomic mass is 9.96. The Balaban J connectivity index is 0.000000167. The van der Waals surface area contributed by atoms with Crippen LogP contribution in [0.2, 0.25) is 0 Å². The molecule has 0 atom stereocenters. The molecule has 0 saturated heterocycles. The van der Waals surface area contributed by atoms with Crippen LogP contribution in [0.25, 0.3) is 0 Å². The van der Waals surface area contributed by atoms with E-state index >= 15 is 0 Å². The standard InChI is InChI=1S/C12H10BrN3.C9H15N3/c13-11-8-10(6-7-12(11)14)16-15-9-4-2-1-3-5-9;1-2-5-9(6-3-1)11-12-8-4-7-10-12/h1-8H,14H2;4,7-9,11H,1-3,5-6H2/b16-15+;. The Kier molecular flexibility index (Phi) is 7.61. The minimum absolute atomic E-state index is 0.638. The number of benzene rings is 2. The number of aromatic nitrogens is 2. The van der Waals surface area contributed by atoms with Crippen molar-refractivity contribution in [2.24, 2.45) is 10.2 Å². The number of rotatable bonds is 4. The number of hydrogen-bond acceptors (Lipinski definition) is 5. The highest BCUT2D eigenvalue weighted by Gasteiger charge is 2.12. The largest absolute Gasteiger partial charge is 0.398 e. The maximum absolute atomic E-state index is 5.68. The molecule has 0 unspecified atom stereocenters. The summed E-state index contributed by atoms with van der Waals surface area (Å²) < 4.78 is 0.831. The lowest BCUT2D eigenvalue weighted by Gasteiger charge is -2.23. The average molecular weight is 441 g/mol. The lowest BCUT2D eigenvalue weighted by Crippen LogP contribution is -2.29. The van der Waals surface area contributed by atoms with E-state index in [-0.39, 0.29) is 0 Å². The van der Waals surface area contributed by atoms with Crippen LogP contribution in [0.4, 0.5) is 17.1 Å². The van der Waals surface area contributed by atoms with Gasteiger partial charge in [0.1, 0.15) is 0 Å². The van der Waals surface area contributed by atoms with Crippen LogP contribution in [0.5, 0.6) is 0 Å². The molecule has 2 aromatic carbocycles. The molecule has 3 N–H and O–H groups in total. The molecule has 146 valence electrons. The Morgan fingerprint density at radius 2 is 1.71 bits per heavy atom. The van der Waals surface area contributed by atoms with Gasteiger partial charge in [-0.25, -0.2) is 0 Å². The third kappa shape index (κ3) is 6.49. The Bertz CT molecular complexity index is 858. The van der Waals surface area contributed by atoms with Crippen molar-refractivity contribution in [2.45, 2.75) is 38.1 Å². The summed E-state index contributed by atoms with van der Waals surface area (Å²) in [7, 11) is 0. The molecule has 6 nitrogen and oxygen atoms in total. The summed E-state index contributed by atoms with van der Waals surface area (Å²) in [5.41, 5.74) is 11.3. The molecule has 0 amide bonds. The van der Waals surface area contributed by atoms with Gasteiger partial charge >= 0.3 is 0 Å². The molecule has 7 heteroatoms. The fraction of sp³-hybridized carbons (Fsp3) is 0.286. The summed E-state index contributed by atoms with van der Waals surface area (Å²) in [6.07, 6.45) is 10.5. The number of nitrogens with zero attached hydrogens (tertiary/aromatic N) is 4. The van der Waals surface area contributed by atoms with Crippen molar-refractivity contribution in [1.82, 2.24) is 9.89 Å². The van der Waals surface area contributed by atoms with Gasteiger partial charge in [0.25, 0.3) is 0 Å². The number of nitrogen functional groups attached to an aromatic ring is 1. The molecule has 1 heterocycles. The topological polar surface area (TPSA) is 80.6 Å². The smallest absolute Gasteiger partial charge is 0.0869 e. The van der Waals surface area contributed by atoms with E-state index in [4.69, 9.17) is 5.73 Å². The van der Waals surface area contributed by atoms with Crippen molar-refractivity contribution in [2.75, 3.05) is 11.2 Å². The Hall–Kier alpha value is -2.67. The zero-order valence-electron chi connectivity index (χ0n) is 15.7. The molecule has 0 spiro atoms. The molecular weight excluding hydrogens is 416 g/mol. The predicted octanol–water partition coefficient (Wildman–Crippen LogP) is 6.21. The molecule has 1 aliphatic carbocycles. The van der Waals surface area contributed by atoms with Gasteiger partial charge in [-0.1, -0.05) is 37.5 Å². The van der Waals surface area contributed by atoms with E-state index < -0.39 is 0 Å². The lowest BCUT2D eigenvalue weighted by molar-refractivity contribution is 0.430. The molecule has 0 radical (unpaired) electrons. The van der Waals surface area contributed by atoms with Crippen LogP contribution in [0.1, 0.15) is 32.1 Å². The summed E-state index contributed by atoms with van der Waals surface area (Å²) in [6, 6.07) is 17.6. The fourth-order valence-electron chi connectivity index (χ4n) is 2.95. The van der Waals surface area contributed by atoms with Gasteiger partial charge in [0.2, 0.25) is 0 Å². The average Bonchev–Trinajstić information content (AvgIpc) is 3.24. The van der Waals surface area contributed by atoms with E-state index in [2.05, 4.69) is 36.7 Å². The van der Waals surface area contributed by atoms with Crippen molar-refractivity contribution < 1.29 is 0 Å². The highest BCUT2D eigenvalue weighted by atomic mass is 79.9. The SMILES string of the molecule is Nc1ccc(/N=N/c2ccccc2)cc1Br.c1cnn(NC2CCCCC2)c1. The van der Waals surface area contributed by atoms with E-state index in [1.54, 1.807) is 12.3 Å². The number of anilines is 1. The summed E-state index contributed by atoms with van der Waals surface area (Å²) in [5, 5.41) is 12.3. The normalized spacial score (nSPS) is 14.5. The zero-order valence-corrected chi connectivity index (χ0v) is 17.3. The first-order valence-corrected chi connectivity index (χ1v) is 10.3.